The zero-order valence-corrected chi connectivity index (χ0v) is 13.7. The second kappa shape index (κ2) is 8.65. The number of pyridine rings is 1. The number of aromatic nitrogens is 1. The van der Waals surface area contributed by atoms with Crippen molar-refractivity contribution in [1.82, 2.24) is 10.3 Å². The van der Waals surface area contributed by atoms with E-state index >= 15 is 0 Å². The normalized spacial score (nSPS) is 12.2. The Balaban J connectivity index is 2.74. The van der Waals surface area contributed by atoms with Crippen LogP contribution >= 0.6 is 0 Å². The predicted octanol–water partition coefficient (Wildman–Crippen LogP) is 3.33. The van der Waals surface area contributed by atoms with Crippen molar-refractivity contribution in [3.05, 3.63) is 33.2 Å². The molecule has 0 bridgehead atoms. The summed E-state index contributed by atoms with van der Waals surface area (Å²) in [7, 11) is 0. The Bertz CT molecular complexity index is 520. The van der Waals surface area contributed by atoms with Crippen LogP contribution in [0.1, 0.15) is 74.5 Å². The molecule has 118 valence electrons. The number of nitrogens with one attached hydrogen (secondary N) is 2. The number of unbranched alkanes of at least 4 members (excludes halogenated alkanes) is 2. The first-order chi connectivity index (χ1) is 9.99. The number of carbonyl (C=O) groups excluding carboxylic acids is 1. The second-order valence-corrected chi connectivity index (χ2v) is 5.79. The van der Waals surface area contributed by atoms with Crippen molar-refractivity contribution in [2.75, 3.05) is 0 Å². The fourth-order valence-electron chi connectivity index (χ4n) is 2.42. The molecule has 1 rings (SSSR count). The SMILES string of the molecule is CCCCC[C@@H](C)NC(=O)c1cc(C)c(CCC)[nH]c1=O. The van der Waals surface area contributed by atoms with E-state index in [2.05, 4.69) is 24.1 Å². The molecular formula is C17H28N2O2. The van der Waals surface area contributed by atoms with Gasteiger partial charge in [0.25, 0.3) is 11.5 Å². The maximum atomic E-state index is 12.2. The molecule has 1 heterocycles. The summed E-state index contributed by atoms with van der Waals surface area (Å²) in [5.41, 5.74) is 1.83. The summed E-state index contributed by atoms with van der Waals surface area (Å²) < 4.78 is 0. The van der Waals surface area contributed by atoms with E-state index in [1.165, 1.54) is 12.8 Å². The predicted molar refractivity (Wildman–Crippen MR) is 86.9 cm³/mol. The summed E-state index contributed by atoms with van der Waals surface area (Å²) in [5.74, 6) is -0.272. The van der Waals surface area contributed by atoms with Gasteiger partial charge in [0.15, 0.2) is 0 Å². The van der Waals surface area contributed by atoms with Crippen molar-refractivity contribution in [2.45, 2.75) is 72.3 Å². The number of rotatable bonds is 8. The average Bonchev–Trinajstić information content (AvgIpc) is 2.43. The molecule has 0 radical (unpaired) electrons. The number of H-pyrrole nitrogens is 1. The number of aryl methyl sites for hydroxylation is 2. The smallest absolute Gasteiger partial charge is 0.261 e. The van der Waals surface area contributed by atoms with Crippen LogP contribution in [0.3, 0.4) is 0 Å². The van der Waals surface area contributed by atoms with Crippen molar-refractivity contribution in [3.63, 3.8) is 0 Å². The number of hydrogen-bond donors (Lipinski definition) is 2. The summed E-state index contributed by atoms with van der Waals surface area (Å²) in [6.45, 7) is 8.14. The van der Waals surface area contributed by atoms with Gasteiger partial charge in [0.05, 0.1) is 0 Å². The number of hydrogen-bond acceptors (Lipinski definition) is 2. The minimum Gasteiger partial charge on any atom is -0.349 e. The maximum Gasteiger partial charge on any atom is 0.261 e. The highest BCUT2D eigenvalue weighted by Crippen LogP contribution is 2.08. The van der Waals surface area contributed by atoms with Gasteiger partial charge in [-0.3, -0.25) is 9.59 Å². The number of amides is 1. The van der Waals surface area contributed by atoms with Crippen molar-refractivity contribution in [2.24, 2.45) is 0 Å². The molecule has 0 aromatic carbocycles. The molecule has 21 heavy (non-hydrogen) atoms. The lowest BCUT2D eigenvalue weighted by Gasteiger charge is -2.14. The highest BCUT2D eigenvalue weighted by molar-refractivity contribution is 5.94. The first kappa shape index (κ1) is 17.5. The van der Waals surface area contributed by atoms with Crippen LogP contribution in [0.15, 0.2) is 10.9 Å². The van der Waals surface area contributed by atoms with Crippen LogP contribution < -0.4 is 10.9 Å². The van der Waals surface area contributed by atoms with Gasteiger partial charge >= 0.3 is 0 Å². The standard InChI is InChI=1S/C17H28N2O2/c1-5-7-8-10-13(4)18-16(20)14-11-12(3)15(9-6-2)19-17(14)21/h11,13H,5-10H2,1-4H3,(H,18,20)(H,19,21)/t13-/m1/s1. The van der Waals surface area contributed by atoms with Crippen molar-refractivity contribution in [3.8, 4) is 0 Å². The molecule has 0 saturated carbocycles. The van der Waals surface area contributed by atoms with E-state index in [-0.39, 0.29) is 23.1 Å². The highest BCUT2D eigenvalue weighted by Gasteiger charge is 2.15. The summed E-state index contributed by atoms with van der Waals surface area (Å²) >= 11 is 0. The zero-order chi connectivity index (χ0) is 15.8. The Morgan fingerprint density at radius 1 is 1.29 bits per heavy atom. The Morgan fingerprint density at radius 2 is 2.00 bits per heavy atom. The molecule has 0 unspecified atom stereocenters. The molecule has 1 aromatic heterocycles. The first-order valence-electron chi connectivity index (χ1n) is 8.03. The Hall–Kier alpha value is -1.58. The zero-order valence-electron chi connectivity index (χ0n) is 13.7. The van der Waals surface area contributed by atoms with Gasteiger partial charge in [0.1, 0.15) is 5.56 Å². The summed E-state index contributed by atoms with van der Waals surface area (Å²) in [6.07, 6.45) is 6.18. The lowest BCUT2D eigenvalue weighted by Crippen LogP contribution is -2.36. The van der Waals surface area contributed by atoms with Gasteiger partial charge in [-0.15, -0.1) is 0 Å². The van der Waals surface area contributed by atoms with Gasteiger partial charge in [0.2, 0.25) is 0 Å². The molecule has 1 aromatic rings. The van der Waals surface area contributed by atoms with E-state index in [0.29, 0.717) is 0 Å². The van der Waals surface area contributed by atoms with Gasteiger partial charge in [0, 0.05) is 11.7 Å². The second-order valence-electron chi connectivity index (χ2n) is 5.79. The third-order valence-corrected chi connectivity index (χ3v) is 3.71. The topological polar surface area (TPSA) is 62.0 Å². The van der Waals surface area contributed by atoms with Crippen LogP contribution in [0, 0.1) is 6.92 Å². The van der Waals surface area contributed by atoms with Crippen LogP contribution in [0.2, 0.25) is 0 Å². The van der Waals surface area contributed by atoms with E-state index < -0.39 is 0 Å². The summed E-state index contributed by atoms with van der Waals surface area (Å²) in [4.78, 5) is 27.1. The van der Waals surface area contributed by atoms with E-state index in [1.54, 1.807) is 6.07 Å². The Kier molecular flexibility index (Phi) is 7.20. The van der Waals surface area contributed by atoms with Gasteiger partial charge in [-0.25, -0.2) is 0 Å². The third-order valence-electron chi connectivity index (χ3n) is 3.71. The van der Waals surface area contributed by atoms with Gasteiger partial charge in [-0.1, -0.05) is 39.5 Å². The van der Waals surface area contributed by atoms with Crippen LogP contribution in [0.25, 0.3) is 0 Å². The van der Waals surface area contributed by atoms with E-state index in [9.17, 15) is 9.59 Å². The van der Waals surface area contributed by atoms with Crippen LogP contribution in [0.5, 0.6) is 0 Å². The van der Waals surface area contributed by atoms with Crippen molar-refractivity contribution < 1.29 is 4.79 Å². The maximum absolute atomic E-state index is 12.2. The molecule has 2 N–H and O–H groups in total. The molecule has 0 aliphatic heterocycles. The van der Waals surface area contributed by atoms with E-state index in [1.807, 2.05) is 13.8 Å². The van der Waals surface area contributed by atoms with Crippen LogP contribution in [-0.4, -0.2) is 16.9 Å². The first-order valence-corrected chi connectivity index (χ1v) is 8.03. The molecule has 0 spiro atoms. The number of aromatic amines is 1. The minimum atomic E-state index is -0.290. The van der Waals surface area contributed by atoms with E-state index in [4.69, 9.17) is 0 Å². The minimum absolute atomic E-state index is 0.0964. The molecule has 0 aliphatic rings. The lowest BCUT2D eigenvalue weighted by atomic mass is 10.1. The monoisotopic (exact) mass is 292 g/mol. The molecule has 1 amide bonds. The van der Waals surface area contributed by atoms with Gasteiger partial charge in [-0.2, -0.15) is 0 Å². The Labute approximate surface area is 127 Å². The number of carbonyl (C=O) groups is 1. The third kappa shape index (κ3) is 5.37. The molecule has 0 fully saturated rings. The average molecular weight is 292 g/mol. The van der Waals surface area contributed by atoms with E-state index in [0.717, 1.165) is 36.9 Å². The van der Waals surface area contributed by atoms with Crippen LogP contribution in [0.4, 0.5) is 0 Å². The highest BCUT2D eigenvalue weighted by atomic mass is 16.2. The van der Waals surface area contributed by atoms with Crippen LogP contribution in [-0.2, 0) is 6.42 Å². The quantitative estimate of drug-likeness (QED) is 0.722. The Morgan fingerprint density at radius 3 is 2.62 bits per heavy atom. The van der Waals surface area contributed by atoms with Crippen molar-refractivity contribution >= 4 is 5.91 Å². The largest absolute Gasteiger partial charge is 0.349 e. The lowest BCUT2D eigenvalue weighted by molar-refractivity contribution is 0.0936. The molecule has 4 nitrogen and oxygen atoms in total. The fourth-order valence-corrected chi connectivity index (χ4v) is 2.42. The summed E-state index contributed by atoms with van der Waals surface area (Å²) in [6, 6.07) is 1.80. The van der Waals surface area contributed by atoms with Crippen molar-refractivity contribution in [1.29, 1.82) is 0 Å². The van der Waals surface area contributed by atoms with Gasteiger partial charge < -0.3 is 10.3 Å². The molecule has 0 aliphatic carbocycles. The molecule has 0 saturated heterocycles. The fraction of sp³-hybridized carbons (Fsp3) is 0.647. The molecule has 1 atom stereocenters. The summed E-state index contributed by atoms with van der Waals surface area (Å²) in [5, 5.41) is 2.92. The molecule has 4 heteroatoms. The van der Waals surface area contributed by atoms with Gasteiger partial charge in [-0.05, 0) is 38.3 Å². The molecular weight excluding hydrogens is 264 g/mol.